The van der Waals surface area contributed by atoms with E-state index in [0.29, 0.717) is 6.04 Å². The molecule has 98 valence electrons. The quantitative estimate of drug-likeness (QED) is 0.871. The van der Waals surface area contributed by atoms with E-state index in [4.69, 9.17) is 0 Å². The number of aromatic nitrogens is 1. The minimum atomic E-state index is 0. The summed E-state index contributed by atoms with van der Waals surface area (Å²) in [5.74, 6) is 0. The lowest BCUT2D eigenvalue weighted by Gasteiger charge is -2.33. The molecule has 2 heterocycles. The van der Waals surface area contributed by atoms with Crippen LogP contribution in [0.1, 0.15) is 37.6 Å². The van der Waals surface area contributed by atoms with E-state index >= 15 is 0 Å². The third-order valence-electron chi connectivity index (χ3n) is 3.97. The van der Waals surface area contributed by atoms with Crippen molar-refractivity contribution >= 4 is 23.3 Å². The Morgan fingerprint density at radius 3 is 2.89 bits per heavy atom. The van der Waals surface area contributed by atoms with Crippen LogP contribution in [0.2, 0.25) is 0 Å². The standard InChI is InChI=1S/C15H20N2.ClH/c1-3-9-17-10-8-13-12-6-4-5-7-14(12)16-15(13)11(17)2;/h4-7,11,16H,3,8-10H2,1-2H3;1H. The monoisotopic (exact) mass is 264 g/mol. The van der Waals surface area contributed by atoms with Crippen molar-refractivity contribution < 1.29 is 0 Å². The van der Waals surface area contributed by atoms with Crippen molar-refractivity contribution in [3.05, 3.63) is 35.5 Å². The van der Waals surface area contributed by atoms with Gasteiger partial charge in [-0.25, -0.2) is 0 Å². The van der Waals surface area contributed by atoms with Gasteiger partial charge in [0.1, 0.15) is 0 Å². The number of hydrogen-bond acceptors (Lipinski definition) is 1. The maximum Gasteiger partial charge on any atom is 0.0473 e. The SMILES string of the molecule is CCCN1CCc2c([nH]c3ccccc23)C1C.Cl. The second kappa shape index (κ2) is 5.33. The van der Waals surface area contributed by atoms with Crippen molar-refractivity contribution in [2.75, 3.05) is 13.1 Å². The van der Waals surface area contributed by atoms with Crippen LogP contribution in [0.15, 0.2) is 24.3 Å². The van der Waals surface area contributed by atoms with E-state index < -0.39 is 0 Å². The summed E-state index contributed by atoms with van der Waals surface area (Å²) in [4.78, 5) is 6.19. The molecule has 0 bridgehead atoms. The van der Waals surface area contributed by atoms with E-state index in [0.717, 1.165) is 0 Å². The summed E-state index contributed by atoms with van der Waals surface area (Å²) in [7, 11) is 0. The number of halogens is 1. The van der Waals surface area contributed by atoms with Crippen molar-refractivity contribution in [1.82, 2.24) is 9.88 Å². The van der Waals surface area contributed by atoms with Crippen molar-refractivity contribution in [1.29, 1.82) is 0 Å². The highest BCUT2D eigenvalue weighted by Crippen LogP contribution is 2.33. The molecule has 0 radical (unpaired) electrons. The van der Waals surface area contributed by atoms with Crippen LogP contribution < -0.4 is 0 Å². The molecule has 2 aromatic rings. The summed E-state index contributed by atoms with van der Waals surface area (Å²) in [6.07, 6.45) is 2.42. The van der Waals surface area contributed by atoms with Crippen LogP contribution in [0.25, 0.3) is 10.9 Å². The zero-order valence-corrected chi connectivity index (χ0v) is 11.9. The Hall–Kier alpha value is -0.990. The fraction of sp³-hybridized carbons (Fsp3) is 0.467. The Balaban J connectivity index is 0.00000120. The first-order chi connectivity index (χ1) is 8.31. The lowest BCUT2D eigenvalue weighted by atomic mass is 9.98. The van der Waals surface area contributed by atoms with Crippen LogP contribution in [-0.2, 0) is 6.42 Å². The van der Waals surface area contributed by atoms with Gasteiger partial charge in [0.2, 0.25) is 0 Å². The van der Waals surface area contributed by atoms with Crippen LogP contribution in [0.3, 0.4) is 0 Å². The third-order valence-corrected chi connectivity index (χ3v) is 3.97. The fourth-order valence-electron chi connectivity index (χ4n) is 3.07. The molecule has 1 atom stereocenters. The topological polar surface area (TPSA) is 19.0 Å². The molecular weight excluding hydrogens is 244 g/mol. The van der Waals surface area contributed by atoms with E-state index in [1.165, 1.54) is 42.5 Å². The fourth-order valence-corrected chi connectivity index (χ4v) is 3.07. The predicted octanol–water partition coefficient (Wildman–Crippen LogP) is 3.92. The van der Waals surface area contributed by atoms with Gasteiger partial charge >= 0.3 is 0 Å². The summed E-state index contributed by atoms with van der Waals surface area (Å²) in [5.41, 5.74) is 4.27. The van der Waals surface area contributed by atoms with E-state index in [1.54, 1.807) is 5.56 Å². The summed E-state index contributed by atoms with van der Waals surface area (Å²) < 4.78 is 0. The summed E-state index contributed by atoms with van der Waals surface area (Å²) in [5, 5.41) is 1.42. The van der Waals surface area contributed by atoms with Crippen LogP contribution >= 0.6 is 12.4 Å². The van der Waals surface area contributed by atoms with Crippen molar-refractivity contribution in [2.45, 2.75) is 32.7 Å². The molecule has 0 fully saturated rings. The first-order valence-electron chi connectivity index (χ1n) is 6.64. The Morgan fingerprint density at radius 2 is 2.11 bits per heavy atom. The molecule has 2 nitrogen and oxygen atoms in total. The van der Waals surface area contributed by atoms with Crippen LogP contribution in [-0.4, -0.2) is 23.0 Å². The number of hydrogen-bond donors (Lipinski definition) is 1. The number of fused-ring (bicyclic) bond motifs is 3. The van der Waals surface area contributed by atoms with Gasteiger partial charge in [-0.05, 0) is 37.9 Å². The van der Waals surface area contributed by atoms with Gasteiger partial charge in [-0.3, -0.25) is 4.90 Å². The number of rotatable bonds is 2. The molecule has 18 heavy (non-hydrogen) atoms. The average Bonchev–Trinajstić information content (AvgIpc) is 2.73. The normalized spacial score (nSPS) is 19.6. The maximum atomic E-state index is 3.61. The summed E-state index contributed by atoms with van der Waals surface area (Å²) in [6.45, 7) is 6.98. The average molecular weight is 265 g/mol. The lowest BCUT2D eigenvalue weighted by molar-refractivity contribution is 0.196. The number of benzene rings is 1. The molecule has 0 saturated carbocycles. The first kappa shape index (κ1) is 13.4. The highest BCUT2D eigenvalue weighted by atomic mass is 35.5. The lowest BCUT2D eigenvalue weighted by Crippen LogP contribution is -2.34. The van der Waals surface area contributed by atoms with E-state index in [-0.39, 0.29) is 12.4 Å². The molecule has 1 N–H and O–H groups in total. The second-order valence-electron chi connectivity index (χ2n) is 5.02. The molecule has 1 aliphatic heterocycles. The van der Waals surface area contributed by atoms with Crippen LogP contribution in [0.4, 0.5) is 0 Å². The third kappa shape index (κ3) is 2.04. The number of nitrogens with one attached hydrogen (secondary N) is 1. The predicted molar refractivity (Wildman–Crippen MR) is 79.5 cm³/mol. The van der Waals surface area contributed by atoms with Gasteiger partial charge in [-0.15, -0.1) is 12.4 Å². The minimum Gasteiger partial charge on any atom is -0.357 e. The van der Waals surface area contributed by atoms with E-state index in [9.17, 15) is 0 Å². The Morgan fingerprint density at radius 1 is 1.33 bits per heavy atom. The largest absolute Gasteiger partial charge is 0.357 e. The van der Waals surface area contributed by atoms with Gasteiger partial charge in [0.25, 0.3) is 0 Å². The number of nitrogens with zero attached hydrogens (tertiary/aromatic N) is 1. The number of aromatic amines is 1. The molecule has 0 amide bonds. The smallest absolute Gasteiger partial charge is 0.0473 e. The summed E-state index contributed by atoms with van der Waals surface area (Å²) in [6, 6.07) is 9.21. The van der Waals surface area contributed by atoms with Gasteiger partial charge in [-0.2, -0.15) is 0 Å². The molecule has 1 aromatic carbocycles. The molecule has 1 aromatic heterocycles. The van der Waals surface area contributed by atoms with Gasteiger partial charge < -0.3 is 4.98 Å². The van der Waals surface area contributed by atoms with Crippen LogP contribution in [0.5, 0.6) is 0 Å². The van der Waals surface area contributed by atoms with Gasteiger partial charge in [0.15, 0.2) is 0 Å². The minimum absolute atomic E-state index is 0. The van der Waals surface area contributed by atoms with E-state index in [2.05, 4.69) is 48.0 Å². The van der Waals surface area contributed by atoms with Crippen molar-refractivity contribution in [3.63, 3.8) is 0 Å². The second-order valence-corrected chi connectivity index (χ2v) is 5.02. The highest BCUT2D eigenvalue weighted by Gasteiger charge is 2.26. The molecule has 1 aliphatic rings. The van der Waals surface area contributed by atoms with Gasteiger partial charge in [-0.1, -0.05) is 25.1 Å². The molecular formula is C15H21ClN2. The molecule has 0 spiro atoms. The maximum absolute atomic E-state index is 3.61. The molecule has 1 unspecified atom stereocenters. The van der Waals surface area contributed by atoms with Gasteiger partial charge in [0, 0.05) is 29.2 Å². The molecule has 3 rings (SSSR count). The Bertz CT molecular complexity index is 532. The van der Waals surface area contributed by atoms with Crippen LogP contribution in [0, 0.1) is 0 Å². The van der Waals surface area contributed by atoms with Crippen molar-refractivity contribution in [3.8, 4) is 0 Å². The number of para-hydroxylation sites is 1. The zero-order chi connectivity index (χ0) is 11.8. The number of H-pyrrole nitrogens is 1. The first-order valence-corrected chi connectivity index (χ1v) is 6.64. The highest BCUT2D eigenvalue weighted by molar-refractivity contribution is 5.85. The Kier molecular flexibility index (Phi) is 3.98. The van der Waals surface area contributed by atoms with Crippen molar-refractivity contribution in [2.24, 2.45) is 0 Å². The summed E-state index contributed by atoms with van der Waals surface area (Å²) >= 11 is 0. The Labute approximate surface area is 115 Å². The molecule has 0 saturated heterocycles. The van der Waals surface area contributed by atoms with E-state index in [1.807, 2.05) is 0 Å². The zero-order valence-electron chi connectivity index (χ0n) is 11.1. The molecule has 3 heteroatoms. The van der Waals surface area contributed by atoms with Gasteiger partial charge in [0.05, 0.1) is 0 Å². The molecule has 0 aliphatic carbocycles.